The number of rotatable bonds is 3. The minimum Gasteiger partial charge on any atom is -0.507 e. The maximum atomic E-state index is 12.5. The highest BCUT2D eigenvalue weighted by Crippen LogP contribution is 2.59. The number of hydrogen-bond donors (Lipinski definition) is 10. The summed E-state index contributed by atoms with van der Waals surface area (Å²) in [5.74, 6) is -5.54. The summed E-state index contributed by atoms with van der Waals surface area (Å²) in [6, 6.07) is 8.61. The van der Waals surface area contributed by atoms with Crippen molar-refractivity contribution in [2.45, 2.75) is 43.4 Å². The Kier molecular flexibility index (Phi) is 6.49. The van der Waals surface area contributed by atoms with Crippen LogP contribution in [-0.2, 0) is 12.8 Å². The van der Waals surface area contributed by atoms with Crippen LogP contribution in [0.4, 0.5) is 0 Å². The van der Waals surface area contributed by atoms with Gasteiger partial charge in [0.25, 0.3) is 0 Å². The lowest BCUT2D eigenvalue weighted by Crippen LogP contribution is -2.33. The first-order valence-corrected chi connectivity index (χ1v) is 14.0. The predicted octanol–water partition coefficient (Wildman–Crippen LogP) is 2.88. The number of phenolic OH excluding ortho intramolecular Hbond substituents is 5. The fraction of sp³-hybridized carbons (Fsp3) is 0.219. The highest BCUT2D eigenvalue weighted by molar-refractivity contribution is 5.97. The zero-order valence-corrected chi connectivity index (χ0v) is 23.4. The zero-order chi connectivity index (χ0) is 32.8. The molecular weight excluding hydrogens is 608 g/mol. The van der Waals surface area contributed by atoms with Crippen LogP contribution in [0.2, 0.25) is 0 Å². The molecule has 1 unspecified atom stereocenters. The number of fused-ring (bicyclic) bond motifs is 6. The summed E-state index contributed by atoms with van der Waals surface area (Å²) in [6.45, 7) is 0. The molecular formula is C32H26O14. The maximum Gasteiger partial charge on any atom is 0.343 e. The molecule has 7 rings (SSSR count). The summed E-state index contributed by atoms with van der Waals surface area (Å²) in [4.78, 5) is 12.5. The topological polar surface area (TPSA) is 247 Å². The molecule has 0 radical (unpaired) electrons. The van der Waals surface area contributed by atoms with Crippen molar-refractivity contribution in [2.24, 2.45) is 0 Å². The van der Waals surface area contributed by atoms with Gasteiger partial charge in [-0.15, -0.1) is 0 Å². The molecule has 3 aliphatic heterocycles. The Labute approximate surface area is 258 Å². The molecule has 10 N–H and O–H groups in total. The molecule has 14 nitrogen and oxygen atoms in total. The van der Waals surface area contributed by atoms with Crippen LogP contribution in [0.3, 0.4) is 0 Å². The monoisotopic (exact) mass is 634 g/mol. The number of benzene rings is 4. The lowest BCUT2D eigenvalue weighted by atomic mass is 9.84. The molecule has 0 saturated carbocycles. The molecule has 238 valence electrons. The van der Waals surface area contributed by atoms with E-state index >= 15 is 0 Å². The van der Waals surface area contributed by atoms with Crippen molar-refractivity contribution < 1.29 is 70.1 Å². The van der Waals surface area contributed by atoms with Gasteiger partial charge >= 0.3 is 5.97 Å². The van der Waals surface area contributed by atoms with E-state index in [9.17, 15) is 55.9 Å². The van der Waals surface area contributed by atoms with Crippen molar-refractivity contribution in [1.82, 2.24) is 0 Å². The molecule has 4 aromatic carbocycles. The normalized spacial score (nSPS) is 22.6. The van der Waals surface area contributed by atoms with Crippen LogP contribution >= 0.6 is 0 Å². The molecule has 0 saturated heterocycles. The summed E-state index contributed by atoms with van der Waals surface area (Å²) < 4.78 is 18.1. The number of carboxylic acids is 1. The number of aromatic hydroxyl groups is 6. The second-order valence-electron chi connectivity index (χ2n) is 11.3. The van der Waals surface area contributed by atoms with Gasteiger partial charge in [0, 0.05) is 30.0 Å². The van der Waals surface area contributed by atoms with Gasteiger partial charge in [-0.1, -0.05) is 12.1 Å². The van der Waals surface area contributed by atoms with Crippen molar-refractivity contribution >= 4 is 5.97 Å². The van der Waals surface area contributed by atoms with Gasteiger partial charge in [0.2, 0.25) is 0 Å². The first-order chi connectivity index (χ1) is 21.8. The minimum absolute atomic E-state index is 0.00681. The predicted molar refractivity (Wildman–Crippen MR) is 153 cm³/mol. The van der Waals surface area contributed by atoms with Crippen LogP contribution in [-0.4, -0.2) is 69.2 Å². The molecule has 14 heteroatoms. The largest absolute Gasteiger partial charge is 0.507 e. The van der Waals surface area contributed by atoms with E-state index in [1.807, 2.05) is 0 Å². The van der Waals surface area contributed by atoms with E-state index < -0.39 is 70.8 Å². The van der Waals surface area contributed by atoms with Gasteiger partial charge in [-0.3, -0.25) is 0 Å². The van der Waals surface area contributed by atoms with E-state index in [2.05, 4.69) is 0 Å². The van der Waals surface area contributed by atoms with Gasteiger partial charge in [-0.2, -0.15) is 0 Å². The van der Waals surface area contributed by atoms with Crippen molar-refractivity contribution in [3.8, 4) is 57.5 Å². The first-order valence-electron chi connectivity index (χ1n) is 14.0. The number of ether oxygens (including phenoxy) is 3. The Balaban J connectivity index is 1.35. The molecule has 3 heterocycles. The van der Waals surface area contributed by atoms with E-state index in [-0.39, 0.29) is 75.0 Å². The summed E-state index contributed by atoms with van der Waals surface area (Å²) in [5, 5.41) is 105. The number of aliphatic hydroxyl groups excluding tert-OH is 3. The lowest BCUT2D eigenvalue weighted by molar-refractivity contribution is 0.0158. The minimum atomic E-state index is -1.80. The third-order valence-corrected chi connectivity index (χ3v) is 8.52. The summed E-state index contributed by atoms with van der Waals surface area (Å²) in [6.07, 6.45) is -7.24. The van der Waals surface area contributed by atoms with Gasteiger partial charge in [0.05, 0.1) is 23.3 Å². The third kappa shape index (κ3) is 4.26. The molecule has 46 heavy (non-hydrogen) atoms. The Hall–Kier alpha value is -5.57. The Bertz CT molecular complexity index is 1950. The Morgan fingerprint density at radius 3 is 1.72 bits per heavy atom. The van der Waals surface area contributed by atoms with Crippen molar-refractivity contribution in [1.29, 1.82) is 0 Å². The summed E-state index contributed by atoms with van der Waals surface area (Å²) >= 11 is 0. The van der Waals surface area contributed by atoms with E-state index in [1.54, 1.807) is 0 Å². The number of aliphatic hydroxyl groups is 3. The first kappa shape index (κ1) is 29.2. The van der Waals surface area contributed by atoms with Gasteiger partial charge in [-0.25, -0.2) is 4.79 Å². The number of hydrogen-bond acceptors (Lipinski definition) is 13. The van der Waals surface area contributed by atoms with Gasteiger partial charge in [-0.05, 0) is 35.4 Å². The third-order valence-electron chi connectivity index (χ3n) is 8.52. The maximum absolute atomic E-state index is 12.5. The van der Waals surface area contributed by atoms with E-state index in [1.165, 1.54) is 30.3 Å². The molecule has 0 aliphatic carbocycles. The van der Waals surface area contributed by atoms with Crippen LogP contribution in [0.5, 0.6) is 57.5 Å². The molecule has 0 fully saturated rings. The van der Waals surface area contributed by atoms with Crippen LogP contribution in [0.1, 0.15) is 62.1 Å². The SMILES string of the molecule is O=C(O)c1c(O)c2c(c3c1O[C@@H](c1ccc(O)c(O)c1)[C@H](O)C3)Oc1cc(O)c3c(c1C2O)O[C@H](c1ccc(O)c(O)c1)[C@@H](O)C3. The molecule has 3 aliphatic rings. The second kappa shape index (κ2) is 10.2. The standard InChI is InChI=1S/C32H26O14/c33-14-3-1-10(5-17(14)36)27-19(38)7-12-16(35)9-21-22(29(12)45-27)25(40)23-26(41)24(32(42)43)31-13(30(23)44-21)8-20(39)28(46-31)11-2-4-15(34)18(37)6-11/h1-6,9,19-20,25,27-28,33-41H,7-8H2,(H,42,43)/t19-,20+,25?,27+,28-/m0/s1. The van der Waals surface area contributed by atoms with E-state index in [4.69, 9.17) is 14.2 Å². The number of aromatic carboxylic acids is 1. The van der Waals surface area contributed by atoms with E-state index in [0.717, 1.165) is 12.1 Å². The van der Waals surface area contributed by atoms with Crippen molar-refractivity contribution in [3.63, 3.8) is 0 Å². The summed E-state index contributed by atoms with van der Waals surface area (Å²) in [5.41, 5.74) is -0.672. The van der Waals surface area contributed by atoms with E-state index in [0.29, 0.717) is 0 Å². The summed E-state index contributed by atoms with van der Waals surface area (Å²) in [7, 11) is 0. The fourth-order valence-corrected chi connectivity index (χ4v) is 6.32. The van der Waals surface area contributed by atoms with Crippen molar-refractivity contribution in [3.05, 3.63) is 81.4 Å². The van der Waals surface area contributed by atoms with Crippen molar-refractivity contribution in [2.75, 3.05) is 0 Å². The fourth-order valence-electron chi connectivity index (χ4n) is 6.32. The smallest absolute Gasteiger partial charge is 0.343 e. The van der Waals surface area contributed by atoms with Crippen LogP contribution in [0.25, 0.3) is 0 Å². The second-order valence-corrected chi connectivity index (χ2v) is 11.3. The average molecular weight is 635 g/mol. The molecule has 4 aromatic rings. The highest BCUT2D eigenvalue weighted by Gasteiger charge is 2.45. The van der Waals surface area contributed by atoms with Crippen LogP contribution in [0, 0.1) is 0 Å². The quantitative estimate of drug-likeness (QED) is 0.146. The van der Waals surface area contributed by atoms with Gasteiger partial charge in [0.15, 0.2) is 29.1 Å². The molecule has 0 aromatic heterocycles. The van der Waals surface area contributed by atoms with Crippen LogP contribution < -0.4 is 14.2 Å². The molecule has 0 bridgehead atoms. The van der Waals surface area contributed by atoms with Gasteiger partial charge in [0.1, 0.15) is 52.3 Å². The number of phenols is 6. The molecule has 0 spiro atoms. The molecule has 5 atom stereocenters. The van der Waals surface area contributed by atoms with Crippen LogP contribution in [0.15, 0.2) is 42.5 Å². The zero-order valence-electron chi connectivity index (χ0n) is 23.4. The lowest BCUT2D eigenvalue weighted by Gasteiger charge is -2.38. The molecule has 0 amide bonds. The highest BCUT2D eigenvalue weighted by atomic mass is 16.5. The van der Waals surface area contributed by atoms with Gasteiger partial charge < -0.3 is 65.3 Å². The number of carbonyl (C=O) groups is 1. The average Bonchev–Trinajstić information content (AvgIpc) is 3.00. The Morgan fingerprint density at radius 1 is 0.630 bits per heavy atom. The Morgan fingerprint density at radius 2 is 1.17 bits per heavy atom. The number of carboxylic acid groups (broad SMARTS) is 1.